The first-order valence-corrected chi connectivity index (χ1v) is 11.9. The van der Waals surface area contributed by atoms with E-state index in [2.05, 4.69) is 5.32 Å². The van der Waals surface area contributed by atoms with E-state index in [1.54, 1.807) is 61.9 Å². The Labute approximate surface area is 190 Å². The summed E-state index contributed by atoms with van der Waals surface area (Å²) < 4.78 is 31.1. The molecule has 1 heterocycles. The minimum Gasteiger partial charge on any atom is -0.480 e. The van der Waals surface area contributed by atoms with Crippen LogP contribution in [-0.2, 0) is 21.1 Å². The molecule has 2 N–H and O–H groups in total. The number of benzene rings is 2. The second-order valence-corrected chi connectivity index (χ2v) is 9.77. The Morgan fingerprint density at radius 2 is 1.72 bits per heavy atom. The summed E-state index contributed by atoms with van der Waals surface area (Å²) in [5, 5.41) is 15.6. The van der Waals surface area contributed by atoms with Crippen LogP contribution in [0.4, 0.5) is 10.5 Å². The Hall–Kier alpha value is -3.37. The predicted molar refractivity (Wildman–Crippen MR) is 121 cm³/mol. The number of anilines is 1. The van der Waals surface area contributed by atoms with Crippen LogP contribution in [0.5, 0.6) is 5.75 Å². The smallest absolute Gasteiger partial charge is 0.414 e. The molecule has 1 amide bonds. The van der Waals surface area contributed by atoms with Gasteiger partial charge >= 0.3 is 12.1 Å². The maximum absolute atomic E-state index is 13.0. The summed E-state index contributed by atoms with van der Waals surface area (Å²) in [5.74, 6) is -0.788. The van der Waals surface area contributed by atoms with Crippen LogP contribution in [0.25, 0.3) is 0 Å². The van der Waals surface area contributed by atoms with Gasteiger partial charge in [0.1, 0.15) is 16.7 Å². The third-order valence-electron chi connectivity index (χ3n) is 4.53. The van der Waals surface area contributed by atoms with Crippen molar-refractivity contribution < 1.29 is 27.9 Å². The van der Waals surface area contributed by atoms with Crippen LogP contribution < -0.4 is 10.1 Å². The van der Waals surface area contributed by atoms with E-state index in [1.165, 1.54) is 33.7 Å². The summed E-state index contributed by atoms with van der Waals surface area (Å²) >= 11 is 1.17. The third kappa shape index (κ3) is 5.45. The molecule has 0 fully saturated rings. The molecule has 10 heteroatoms. The Bertz CT molecular complexity index is 1190. The largest absolute Gasteiger partial charge is 0.480 e. The molecule has 0 saturated heterocycles. The van der Waals surface area contributed by atoms with Gasteiger partial charge in [0.05, 0.1) is 10.6 Å². The highest BCUT2D eigenvalue weighted by atomic mass is 32.2. The van der Waals surface area contributed by atoms with Crippen LogP contribution in [0.1, 0.15) is 5.56 Å². The summed E-state index contributed by atoms with van der Waals surface area (Å²) in [7, 11) is -0.660. The van der Waals surface area contributed by atoms with Crippen molar-refractivity contribution in [1.29, 1.82) is 0 Å². The summed E-state index contributed by atoms with van der Waals surface area (Å²) in [6.45, 7) is 0. The minimum atomic E-state index is -3.79. The number of hydrogen-bond acceptors (Lipinski definition) is 7. The number of thiophene rings is 1. The number of aliphatic carboxylic acids is 1. The SMILES string of the molecule is CN(C)C(=O)Oc1ccc(C[C@H](Nc2cscc2S(=O)(=O)c2ccccc2)C(=O)O)cc1. The van der Waals surface area contributed by atoms with Crippen molar-refractivity contribution in [2.75, 3.05) is 19.4 Å². The van der Waals surface area contributed by atoms with Gasteiger partial charge in [0.15, 0.2) is 0 Å². The number of carboxylic acids is 1. The van der Waals surface area contributed by atoms with Gasteiger partial charge in [-0.2, -0.15) is 0 Å². The molecule has 0 bridgehead atoms. The molecule has 1 aromatic heterocycles. The lowest BCUT2D eigenvalue weighted by molar-refractivity contribution is -0.137. The number of rotatable bonds is 8. The van der Waals surface area contributed by atoms with E-state index >= 15 is 0 Å². The number of sulfone groups is 1. The van der Waals surface area contributed by atoms with Gasteiger partial charge in [0.25, 0.3) is 0 Å². The maximum Gasteiger partial charge on any atom is 0.414 e. The standard InChI is InChI=1S/C22H22N2O6S2/c1-24(2)22(27)30-16-10-8-15(9-11-16)12-18(21(25)26)23-19-13-31-14-20(19)32(28,29)17-6-4-3-5-7-17/h3-11,13-14,18,23H,12H2,1-2H3,(H,25,26)/t18-/m0/s1. The molecule has 3 aromatic rings. The van der Waals surface area contributed by atoms with Crippen molar-refractivity contribution in [3.63, 3.8) is 0 Å². The van der Waals surface area contributed by atoms with E-state index in [0.29, 0.717) is 11.3 Å². The van der Waals surface area contributed by atoms with E-state index in [4.69, 9.17) is 4.74 Å². The van der Waals surface area contributed by atoms with Crippen molar-refractivity contribution in [2.45, 2.75) is 22.3 Å². The highest BCUT2D eigenvalue weighted by Crippen LogP contribution is 2.31. The molecule has 0 aliphatic heterocycles. The number of carbonyl (C=O) groups excluding carboxylic acids is 1. The summed E-state index contributed by atoms with van der Waals surface area (Å²) in [5.41, 5.74) is 0.917. The molecule has 168 valence electrons. The van der Waals surface area contributed by atoms with E-state index in [-0.39, 0.29) is 21.9 Å². The molecule has 3 rings (SSSR count). The second-order valence-electron chi connectivity index (χ2n) is 7.11. The number of carbonyl (C=O) groups is 2. The van der Waals surface area contributed by atoms with Crippen molar-refractivity contribution >= 4 is 38.9 Å². The number of amides is 1. The minimum absolute atomic E-state index is 0.0332. The zero-order chi connectivity index (χ0) is 23.3. The van der Waals surface area contributed by atoms with Gasteiger partial charge in [-0.1, -0.05) is 30.3 Å². The van der Waals surface area contributed by atoms with Gasteiger partial charge < -0.3 is 20.1 Å². The predicted octanol–water partition coefficient (Wildman–Crippen LogP) is 3.75. The Kier molecular flexibility index (Phi) is 7.16. The van der Waals surface area contributed by atoms with Crippen LogP contribution in [-0.4, -0.2) is 50.6 Å². The molecular formula is C22H22N2O6S2. The van der Waals surface area contributed by atoms with Gasteiger partial charge in [0, 0.05) is 31.3 Å². The molecule has 0 saturated carbocycles. The fourth-order valence-electron chi connectivity index (χ4n) is 2.83. The van der Waals surface area contributed by atoms with Gasteiger partial charge in [-0.25, -0.2) is 18.0 Å². The Balaban J connectivity index is 1.77. The zero-order valence-corrected chi connectivity index (χ0v) is 19.0. The van der Waals surface area contributed by atoms with E-state index in [0.717, 1.165) is 0 Å². The maximum atomic E-state index is 13.0. The molecule has 0 aliphatic carbocycles. The molecule has 1 atom stereocenters. The van der Waals surface area contributed by atoms with Gasteiger partial charge in [0.2, 0.25) is 9.84 Å². The molecule has 0 spiro atoms. The lowest BCUT2D eigenvalue weighted by Gasteiger charge is -2.17. The first-order valence-electron chi connectivity index (χ1n) is 9.52. The molecule has 0 radical (unpaired) electrons. The summed E-state index contributed by atoms with van der Waals surface area (Å²) in [6.07, 6.45) is -0.426. The fraction of sp³-hybridized carbons (Fsp3) is 0.182. The number of ether oxygens (including phenoxy) is 1. The van der Waals surface area contributed by atoms with E-state index in [9.17, 15) is 23.1 Å². The molecule has 8 nitrogen and oxygen atoms in total. The van der Waals surface area contributed by atoms with Crippen LogP contribution in [0, 0.1) is 0 Å². The van der Waals surface area contributed by atoms with E-state index < -0.39 is 27.9 Å². The fourth-order valence-corrected chi connectivity index (χ4v) is 5.41. The van der Waals surface area contributed by atoms with Crippen LogP contribution >= 0.6 is 11.3 Å². The lowest BCUT2D eigenvalue weighted by atomic mass is 10.1. The van der Waals surface area contributed by atoms with Crippen LogP contribution in [0.15, 0.2) is 75.1 Å². The second kappa shape index (κ2) is 9.84. The number of carboxylic acid groups (broad SMARTS) is 1. The van der Waals surface area contributed by atoms with Crippen molar-refractivity contribution in [3.05, 3.63) is 70.9 Å². The normalized spacial score (nSPS) is 12.1. The van der Waals surface area contributed by atoms with Gasteiger partial charge in [-0.3, -0.25) is 0 Å². The topological polar surface area (TPSA) is 113 Å². The highest BCUT2D eigenvalue weighted by molar-refractivity contribution is 7.91. The molecule has 0 aliphatic rings. The average molecular weight is 475 g/mol. The summed E-state index contributed by atoms with van der Waals surface area (Å²) in [4.78, 5) is 25.0. The van der Waals surface area contributed by atoms with Crippen LogP contribution in [0.2, 0.25) is 0 Å². The van der Waals surface area contributed by atoms with Crippen molar-refractivity contribution in [2.24, 2.45) is 0 Å². The number of nitrogens with one attached hydrogen (secondary N) is 1. The molecular weight excluding hydrogens is 452 g/mol. The van der Waals surface area contributed by atoms with Gasteiger partial charge in [-0.15, -0.1) is 11.3 Å². The van der Waals surface area contributed by atoms with E-state index in [1.807, 2.05) is 0 Å². The monoisotopic (exact) mass is 474 g/mol. The molecule has 0 unspecified atom stereocenters. The quantitative estimate of drug-likeness (QED) is 0.511. The molecule has 2 aromatic carbocycles. The Morgan fingerprint density at radius 1 is 1.06 bits per heavy atom. The van der Waals surface area contributed by atoms with Crippen molar-refractivity contribution in [1.82, 2.24) is 4.90 Å². The van der Waals surface area contributed by atoms with Crippen molar-refractivity contribution in [3.8, 4) is 5.75 Å². The van der Waals surface area contributed by atoms with Crippen LogP contribution in [0.3, 0.4) is 0 Å². The lowest BCUT2D eigenvalue weighted by Crippen LogP contribution is -2.31. The zero-order valence-electron chi connectivity index (χ0n) is 17.4. The Morgan fingerprint density at radius 3 is 2.31 bits per heavy atom. The number of nitrogens with zero attached hydrogens (tertiary/aromatic N) is 1. The summed E-state index contributed by atoms with van der Waals surface area (Å²) in [6, 6.07) is 13.4. The third-order valence-corrected chi connectivity index (χ3v) is 7.23. The highest BCUT2D eigenvalue weighted by Gasteiger charge is 2.26. The first-order chi connectivity index (χ1) is 15.2. The van der Waals surface area contributed by atoms with Gasteiger partial charge in [-0.05, 0) is 29.8 Å². The first kappa shape index (κ1) is 23.3. The average Bonchev–Trinajstić information content (AvgIpc) is 3.24. The number of hydrogen-bond donors (Lipinski definition) is 2. The molecule has 32 heavy (non-hydrogen) atoms.